The summed E-state index contributed by atoms with van der Waals surface area (Å²) in [6, 6.07) is -0.497. The molecule has 3 heteroatoms. The third-order valence-electron chi connectivity index (χ3n) is 1.19. The minimum Gasteiger partial charge on any atom is -0.321 e. The quantitative estimate of drug-likeness (QED) is 0.503. The molecule has 0 amide bonds. The number of hydrogen-bond donors (Lipinski definition) is 1. The van der Waals surface area contributed by atoms with E-state index < -0.39 is 9.72 Å². The summed E-state index contributed by atoms with van der Waals surface area (Å²) in [5, 5.41) is 0. The van der Waals surface area contributed by atoms with E-state index in [1.165, 1.54) is 6.08 Å². The summed E-state index contributed by atoms with van der Waals surface area (Å²) >= 11 is 1.69. The maximum atomic E-state index is 13.0. The lowest BCUT2D eigenvalue weighted by molar-refractivity contribution is 0.348. The molecule has 0 bridgehead atoms. The molecule has 1 nitrogen and oxygen atoms in total. The molecule has 2 unspecified atom stereocenters. The first-order valence-electron chi connectivity index (χ1n) is 2.62. The Bertz CT molecular complexity index is 162. The van der Waals surface area contributed by atoms with E-state index >= 15 is 0 Å². The Hall–Kier alpha value is 0.1000. The SMILES string of the molecule is NC1C=CC=CC1(F)I. The van der Waals surface area contributed by atoms with Gasteiger partial charge in [-0.3, -0.25) is 0 Å². The number of nitrogens with two attached hydrogens (primary N) is 1. The predicted molar refractivity (Wildman–Crippen MR) is 44.1 cm³/mol. The van der Waals surface area contributed by atoms with Crippen LogP contribution in [0.25, 0.3) is 0 Å². The topological polar surface area (TPSA) is 26.0 Å². The molecule has 2 N–H and O–H groups in total. The van der Waals surface area contributed by atoms with Crippen LogP contribution in [0, 0.1) is 0 Å². The van der Waals surface area contributed by atoms with E-state index in [4.69, 9.17) is 5.73 Å². The van der Waals surface area contributed by atoms with E-state index in [-0.39, 0.29) is 0 Å². The van der Waals surface area contributed by atoms with Gasteiger partial charge in [0, 0.05) is 0 Å². The lowest BCUT2D eigenvalue weighted by Crippen LogP contribution is -2.37. The van der Waals surface area contributed by atoms with E-state index in [1.54, 1.807) is 40.8 Å². The zero-order chi connectivity index (χ0) is 6.91. The lowest BCUT2D eigenvalue weighted by atomic mass is 10.1. The van der Waals surface area contributed by atoms with Gasteiger partial charge in [0.25, 0.3) is 0 Å². The fourth-order valence-corrected chi connectivity index (χ4v) is 1.02. The van der Waals surface area contributed by atoms with Gasteiger partial charge >= 0.3 is 0 Å². The lowest BCUT2D eigenvalue weighted by Gasteiger charge is -2.20. The molecule has 0 aromatic heterocycles. The van der Waals surface area contributed by atoms with Gasteiger partial charge in [-0.25, -0.2) is 4.39 Å². The van der Waals surface area contributed by atoms with Crippen molar-refractivity contribution in [3.05, 3.63) is 24.3 Å². The van der Waals surface area contributed by atoms with Crippen LogP contribution in [0.1, 0.15) is 0 Å². The number of rotatable bonds is 0. The Labute approximate surface area is 66.9 Å². The van der Waals surface area contributed by atoms with Crippen LogP contribution >= 0.6 is 22.6 Å². The summed E-state index contributed by atoms with van der Waals surface area (Å²) in [4.78, 5) is 0. The minimum atomic E-state index is -1.38. The van der Waals surface area contributed by atoms with Gasteiger partial charge in [0.2, 0.25) is 0 Å². The van der Waals surface area contributed by atoms with Gasteiger partial charge in [-0.2, -0.15) is 0 Å². The smallest absolute Gasteiger partial charge is 0.198 e. The van der Waals surface area contributed by atoms with Crippen molar-refractivity contribution < 1.29 is 4.39 Å². The monoisotopic (exact) mass is 239 g/mol. The highest BCUT2D eigenvalue weighted by molar-refractivity contribution is 14.1. The van der Waals surface area contributed by atoms with Gasteiger partial charge < -0.3 is 5.73 Å². The molecule has 0 saturated carbocycles. The number of allylic oxidation sites excluding steroid dienone is 2. The Morgan fingerprint density at radius 2 is 2.22 bits per heavy atom. The van der Waals surface area contributed by atoms with E-state index in [0.29, 0.717) is 0 Å². The zero-order valence-electron chi connectivity index (χ0n) is 4.72. The maximum Gasteiger partial charge on any atom is 0.198 e. The Kier molecular flexibility index (Phi) is 1.91. The first kappa shape index (κ1) is 7.21. The average molecular weight is 239 g/mol. The molecule has 0 saturated heterocycles. The third kappa shape index (κ3) is 1.52. The largest absolute Gasteiger partial charge is 0.321 e. The first-order valence-corrected chi connectivity index (χ1v) is 3.70. The minimum absolute atomic E-state index is 0.497. The van der Waals surface area contributed by atoms with E-state index in [0.717, 1.165) is 0 Å². The number of hydrogen-bond acceptors (Lipinski definition) is 1. The van der Waals surface area contributed by atoms with Gasteiger partial charge in [-0.05, 0) is 28.7 Å². The molecular weight excluding hydrogens is 232 g/mol. The molecule has 0 fully saturated rings. The van der Waals surface area contributed by atoms with Crippen LogP contribution in [-0.2, 0) is 0 Å². The molecule has 2 atom stereocenters. The first-order chi connectivity index (χ1) is 4.13. The highest BCUT2D eigenvalue weighted by Crippen LogP contribution is 2.28. The normalized spacial score (nSPS) is 41.4. The average Bonchev–Trinajstić information content (AvgIpc) is 1.77. The van der Waals surface area contributed by atoms with Crippen LogP contribution < -0.4 is 5.73 Å². The van der Waals surface area contributed by atoms with Gasteiger partial charge in [-0.15, -0.1) is 0 Å². The summed E-state index contributed by atoms with van der Waals surface area (Å²) in [5.74, 6) is 0. The summed E-state index contributed by atoms with van der Waals surface area (Å²) in [6.45, 7) is 0. The van der Waals surface area contributed by atoms with Crippen molar-refractivity contribution in [1.82, 2.24) is 0 Å². The predicted octanol–water partition coefficient (Wildman–Crippen LogP) is 1.54. The summed E-state index contributed by atoms with van der Waals surface area (Å²) in [7, 11) is 0. The molecule has 0 aromatic carbocycles. The number of halogens is 2. The van der Waals surface area contributed by atoms with Crippen molar-refractivity contribution in [2.45, 2.75) is 9.72 Å². The van der Waals surface area contributed by atoms with Gasteiger partial charge in [0.05, 0.1) is 6.04 Å². The standard InChI is InChI=1S/C6H7FIN/c7-6(8)4-2-1-3-5(6)9/h1-5H,9H2. The van der Waals surface area contributed by atoms with Crippen LogP contribution in [0.2, 0.25) is 0 Å². The van der Waals surface area contributed by atoms with Crippen molar-refractivity contribution in [1.29, 1.82) is 0 Å². The van der Waals surface area contributed by atoms with Crippen molar-refractivity contribution in [2.24, 2.45) is 5.73 Å². The molecule has 0 heterocycles. The molecule has 0 aliphatic heterocycles. The molecule has 0 radical (unpaired) electrons. The van der Waals surface area contributed by atoms with Crippen LogP contribution in [0.3, 0.4) is 0 Å². The van der Waals surface area contributed by atoms with Crippen LogP contribution in [0.4, 0.5) is 4.39 Å². The summed E-state index contributed by atoms with van der Waals surface area (Å²) in [5.41, 5.74) is 5.39. The van der Waals surface area contributed by atoms with E-state index in [1.807, 2.05) is 0 Å². The van der Waals surface area contributed by atoms with Crippen molar-refractivity contribution >= 4 is 22.6 Å². The zero-order valence-corrected chi connectivity index (χ0v) is 6.88. The van der Waals surface area contributed by atoms with Crippen molar-refractivity contribution in [3.63, 3.8) is 0 Å². The van der Waals surface area contributed by atoms with Gasteiger partial charge in [0.1, 0.15) is 0 Å². The highest BCUT2D eigenvalue weighted by Gasteiger charge is 2.29. The Morgan fingerprint density at radius 1 is 1.56 bits per heavy atom. The van der Waals surface area contributed by atoms with Gasteiger partial charge in [-0.1, -0.05) is 18.2 Å². The molecule has 0 spiro atoms. The fraction of sp³-hybridized carbons (Fsp3) is 0.333. The summed E-state index contributed by atoms with van der Waals surface area (Å²) in [6.07, 6.45) is 6.52. The molecule has 50 valence electrons. The van der Waals surface area contributed by atoms with E-state index in [2.05, 4.69) is 0 Å². The van der Waals surface area contributed by atoms with Crippen LogP contribution in [0.5, 0.6) is 0 Å². The molecular formula is C6H7FIN. The molecule has 9 heavy (non-hydrogen) atoms. The maximum absolute atomic E-state index is 13.0. The van der Waals surface area contributed by atoms with Crippen LogP contribution in [-0.4, -0.2) is 9.72 Å². The second-order valence-electron chi connectivity index (χ2n) is 1.94. The number of alkyl halides is 2. The molecule has 1 rings (SSSR count). The molecule has 0 aromatic rings. The van der Waals surface area contributed by atoms with Crippen molar-refractivity contribution in [3.8, 4) is 0 Å². The fourth-order valence-electron chi connectivity index (χ4n) is 0.607. The third-order valence-corrected chi connectivity index (χ3v) is 2.27. The van der Waals surface area contributed by atoms with Gasteiger partial charge in [0.15, 0.2) is 3.68 Å². The Balaban J connectivity index is 2.78. The molecule has 1 aliphatic rings. The summed E-state index contributed by atoms with van der Waals surface area (Å²) < 4.78 is 11.6. The Morgan fingerprint density at radius 3 is 2.56 bits per heavy atom. The van der Waals surface area contributed by atoms with Crippen LogP contribution in [0.15, 0.2) is 24.3 Å². The second-order valence-corrected chi connectivity index (χ2v) is 3.60. The molecule has 1 aliphatic carbocycles. The highest BCUT2D eigenvalue weighted by atomic mass is 127. The van der Waals surface area contributed by atoms with E-state index in [9.17, 15) is 4.39 Å². The second kappa shape index (κ2) is 2.38. The van der Waals surface area contributed by atoms with Crippen molar-refractivity contribution in [2.75, 3.05) is 0 Å².